The second-order valence-electron chi connectivity index (χ2n) is 7.19. The molecule has 1 N–H and O–H groups in total. The largest absolute Gasteiger partial charge is 0.355 e. The van der Waals surface area contributed by atoms with E-state index in [0.717, 1.165) is 55.6 Å². The molecule has 0 unspecified atom stereocenters. The van der Waals surface area contributed by atoms with Crippen molar-refractivity contribution in [1.29, 1.82) is 0 Å². The zero-order chi connectivity index (χ0) is 18.7. The lowest BCUT2D eigenvalue weighted by Crippen LogP contribution is -2.44. The van der Waals surface area contributed by atoms with E-state index in [4.69, 9.17) is 0 Å². The molecule has 0 aromatic carbocycles. The highest BCUT2D eigenvalue weighted by atomic mass is 16.2. The first-order chi connectivity index (χ1) is 12.5. The Morgan fingerprint density at radius 2 is 2.08 bits per heavy atom. The van der Waals surface area contributed by atoms with Gasteiger partial charge in [-0.3, -0.25) is 14.6 Å². The summed E-state index contributed by atoms with van der Waals surface area (Å²) in [4.78, 5) is 34.6. The lowest BCUT2D eigenvalue weighted by Gasteiger charge is -2.36. The minimum atomic E-state index is -0.0324. The summed E-state index contributed by atoms with van der Waals surface area (Å²) in [6.45, 7) is 6.05. The number of pyridine rings is 1. The third kappa shape index (κ3) is 3.71. The molecule has 1 aliphatic heterocycles. The number of Topliss-reactive ketones (excluding diaryl/α,β-unsaturated/α-hetero) is 1. The van der Waals surface area contributed by atoms with Crippen molar-refractivity contribution in [3.05, 3.63) is 52.6 Å². The second-order valence-corrected chi connectivity index (χ2v) is 7.19. The molecule has 5 nitrogen and oxygen atoms in total. The van der Waals surface area contributed by atoms with Crippen molar-refractivity contribution in [3.8, 4) is 0 Å². The third-order valence-electron chi connectivity index (χ3n) is 5.35. The van der Waals surface area contributed by atoms with Crippen LogP contribution in [0.2, 0.25) is 0 Å². The summed E-state index contributed by atoms with van der Waals surface area (Å²) in [6, 6.07) is 6.19. The van der Waals surface area contributed by atoms with Crippen LogP contribution in [0.15, 0.2) is 24.4 Å². The number of hydrogen-bond acceptors (Lipinski definition) is 3. The number of H-pyrrole nitrogens is 1. The monoisotopic (exact) mass is 353 g/mol. The van der Waals surface area contributed by atoms with Crippen LogP contribution < -0.4 is 0 Å². The quantitative estimate of drug-likeness (QED) is 0.830. The molecule has 1 atom stereocenters. The van der Waals surface area contributed by atoms with Crippen molar-refractivity contribution < 1.29 is 9.59 Å². The van der Waals surface area contributed by atoms with Crippen molar-refractivity contribution in [2.45, 2.75) is 58.9 Å². The van der Waals surface area contributed by atoms with Crippen molar-refractivity contribution in [1.82, 2.24) is 14.9 Å². The fourth-order valence-corrected chi connectivity index (χ4v) is 4.00. The standard InChI is InChI=1S/C21H27N3O2/c1-14-19(15(2)23-20(14)16(3)25)21(26)24-13-7-5-9-18(24)11-10-17-8-4-6-12-22-17/h4,6,8,12,18,23H,5,7,9-11,13H2,1-3H3/t18-/m1/s1. The maximum atomic E-state index is 13.3. The SMILES string of the molecule is CC(=O)c1[nH]c(C)c(C(=O)N2CCCC[C@@H]2CCc2ccccn2)c1C. The number of hydrogen-bond donors (Lipinski definition) is 1. The summed E-state index contributed by atoms with van der Waals surface area (Å²) in [5.41, 5.74) is 3.84. The lowest BCUT2D eigenvalue weighted by atomic mass is 9.95. The molecule has 0 spiro atoms. The van der Waals surface area contributed by atoms with E-state index in [1.165, 1.54) is 6.92 Å². The number of rotatable bonds is 5. The number of nitrogens with zero attached hydrogens (tertiary/aromatic N) is 2. The van der Waals surface area contributed by atoms with E-state index < -0.39 is 0 Å². The van der Waals surface area contributed by atoms with Gasteiger partial charge in [0.25, 0.3) is 5.91 Å². The molecule has 1 aliphatic rings. The molecule has 5 heteroatoms. The number of nitrogens with one attached hydrogen (secondary N) is 1. The Bertz CT molecular complexity index is 795. The first-order valence-corrected chi connectivity index (χ1v) is 9.40. The zero-order valence-electron chi connectivity index (χ0n) is 15.8. The molecular weight excluding hydrogens is 326 g/mol. The number of ketones is 1. The van der Waals surface area contributed by atoms with Gasteiger partial charge in [0.15, 0.2) is 5.78 Å². The average molecular weight is 353 g/mol. The van der Waals surface area contributed by atoms with Gasteiger partial charge in [-0.15, -0.1) is 0 Å². The van der Waals surface area contributed by atoms with Gasteiger partial charge in [0.05, 0.1) is 11.3 Å². The predicted molar refractivity (Wildman–Crippen MR) is 102 cm³/mol. The van der Waals surface area contributed by atoms with E-state index in [1.54, 1.807) is 0 Å². The van der Waals surface area contributed by atoms with Crippen LogP contribution in [0.3, 0.4) is 0 Å². The predicted octanol–water partition coefficient (Wildman–Crippen LogP) is 3.86. The van der Waals surface area contributed by atoms with Crippen LogP contribution in [0.4, 0.5) is 0 Å². The zero-order valence-corrected chi connectivity index (χ0v) is 15.8. The minimum Gasteiger partial charge on any atom is -0.355 e. The first-order valence-electron chi connectivity index (χ1n) is 9.40. The van der Waals surface area contributed by atoms with Crippen LogP contribution in [0.5, 0.6) is 0 Å². The number of likely N-dealkylation sites (tertiary alicyclic amines) is 1. The summed E-state index contributed by atoms with van der Waals surface area (Å²) in [5, 5.41) is 0. The molecule has 138 valence electrons. The number of amides is 1. The molecule has 2 aromatic heterocycles. The summed E-state index contributed by atoms with van der Waals surface area (Å²) in [7, 11) is 0. The summed E-state index contributed by atoms with van der Waals surface area (Å²) >= 11 is 0. The highest BCUT2D eigenvalue weighted by Gasteiger charge is 2.30. The molecular formula is C21H27N3O2. The van der Waals surface area contributed by atoms with Crippen LogP contribution in [0, 0.1) is 13.8 Å². The van der Waals surface area contributed by atoms with Gasteiger partial charge in [0, 0.05) is 37.1 Å². The summed E-state index contributed by atoms with van der Waals surface area (Å²) in [5.74, 6) is 0.0180. The second kappa shape index (κ2) is 7.85. The van der Waals surface area contributed by atoms with E-state index in [0.29, 0.717) is 11.3 Å². The Morgan fingerprint density at radius 3 is 2.73 bits per heavy atom. The molecule has 0 bridgehead atoms. The Hall–Kier alpha value is -2.43. The van der Waals surface area contributed by atoms with Crippen molar-refractivity contribution in [2.75, 3.05) is 6.54 Å². The summed E-state index contributed by atoms with van der Waals surface area (Å²) < 4.78 is 0. The fourth-order valence-electron chi connectivity index (χ4n) is 4.00. The maximum absolute atomic E-state index is 13.3. The molecule has 0 radical (unpaired) electrons. The molecule has 1 fully saturated rings. The van der Waals surface area contributed by atoms with Gasteiger partial charge in [-0.1, -0.05) is 6.07 Å². The van der Waals surface area contributed by atoms with Gasteiger partial charge in [-0.25, -0.2) is 0 Å². The normalized spacial score (nSPS) is 17.3. The Balaban J connectivity index is 1.79. The smallest absolute Gasteiger partial charge is 0.256 e. The number of carbonyl (C=O) groups is 2. The van der Waals surface area contributed by atoms with Crippen LogP contribution in [-0.4, -0.2) is 39.1 Å². The third-order valence-corrected chi connectivity index (χ3v) is 5.35. The van der Waals surface area contributed by atoms with E-state index >= 15 is 0 Å². The van der Waals surface area contributed by atoms with Crippen molar-refractivity contribution >= 4 is 11.7 Å². The van der Waals surface area contributed by atoms with E-state index in [9.17, 15) is 9.59 Å². The van der Waals surface area contributed by atoms with Gasteiger partial charge in [0.2, 0.25) is 0 Å². The topological polar surface area (TPSA) is 66.1 Å². The molecule has 1 amide bonds. The first kappa shape index (κ1) is 18.4. The lowest BCUT2D eigenvalue weighted by molar-refractivity contribution is 0.0600. The minimum absolute atomic E-state index is 0.0324. The van der Waals surface area contributed by atoms with Crippen LogP contribution >= 0.6 is 0 Å². The number of carbonyl (C=O) groups excluding carboxylic acids is 2. The molecule has 0 saturated carbocycles. The van der Waals surface area contributed by atoms with E-state index in [-0.39, 0.29) is 17.7 Å². The van der Waals surface area contributed by atoms with E-state index in [1.807, 2.05) is 43.1 Å². The maximum Gasteiger partial charge on any atom is 0.256 e. The van der Waals surface area contributed by atoms with Gasteiger partial charge < -0.3 is 9.88 Å². The molecule has 0 aliphatic carbocycles. The van der Waals surface area contributed by atoms with Crippen LogP contribution in [-0.2, 0) is 6.42 Å². The fraction of sp³-hybridized carbons (Fsp3) is 0.476. The Morgan fingerprint density at radius 1 is 1.27 bits per heavy atom. The Kier molecular flexibility index (Phi) is 5.55. The van der Waals surface area contributed by atoms with Gasteiger partial charge >= 0.3 is 0 Å². The average Bonchev–Trinajstić information content (AvgIpc) is 2.95. The highest BCUT2D eigenvalue weighted by Crippen LogP contribution is 2.27. The molecule has 26 heavy (non-hydrogen) atoms. The van der Waals surface area contributed by atoms with Crippen LogP contribution in [0.25, 0.3) is 0 Å². The van der Waals surface area contributed by atoms with Crippen LogP contribution in [0.1, 0.15) is 70.4 Å². The number of aromatic amines is 1. The highest BCUT2D eigenvalue weighted by molar-refractivity contribution is 6.02. The Labute approximate surface area is 154 Å². The number of aryl methyl sites for hydroxylation is 2. The number of piperidine rings is 1. The molecule has 1 saturated heterocycles. The van der Waals surface area contributed by atoms with E-state index in [2.05, 4.69) is 9.97 Å². The van der Waals surface area contributed by atoms with Gasteiger partial charge in [-0.05, 0) is 63.6 Å². The molecule has 3 rings (SSSR count). The molecule has 3 heterocycles. The summed E-state index contributed by atoms with van der Waals surface area (Å²) in [6.07, 6.45) is 6.83. The number of aromatic nitrogens is 2. The van der Waals surface area contributed by atoms with Gasteiger partial charge in [0.1, 0.15) is 0 Å². The van der Waals surface area contributed by atoms with Gasteiger partial charge in [-0.2, -0.15) is 0 Å². The van der Waals surface area contributed by atoms with Crippen molar-refractivity contribution in [3.63, 3.8) is 0 Å². The van der Waals surface area contributed by atoms with Crippen molar-refractivity contribution in [2.24, 2.45) is 0 Å². The molecule has 2 aromatic rings.